The Kier molecular flexibility index (Phi) is 5.37. The molecule has 0 rings (SSSR count). The van der Waals surface area contributed by atoms with E-state index in [4.69, 9.17) is 0 Å². The van der Waals surface area contributed by atoms with E-state index in [-0.39, 0.29) is 5.57 Å². The first-order valence-electron chi connectivity index (χ1n) is 4.46. The van der Waals surface area contributed by atoms with E-state index in [1.54, 1.807) is 6.92 Å². The molecule has 0 aliphatic rings. The average molecular weight is 212 g/mol. The normalized spacial score (nSPS) is 10.6. The maximum atomic E-state index is 11.4. The summed E-state index contributed by atoms with van der Waals surface area (Å²) in [6, 6.07) is 0. The standard InChI is InChI=1S/C11H16O4/c1-7(2)8(3)9(11(13)15-5)6-10(12)14-4/h6H,1-5H3. The van der Waals surface area contributed by atoms with Gasteiger partial charge in [0.05, 0.1) is 19.8 Å². The van der Waals surface area contributed by atoms with Crippen molar-refractivity contribution < 1.29 is 19.1 Å². The maximum Gasteiger partial charge on any atom is 0.338 e. The van der Waals surface area contributed by atoms with Crippen LogP contribution < -0.4 is 0 Å². The van der Waals surface area contributed by atoms with Crippen molar-refractivity contribution in [2.45, 2.75) is 20.8 Å². The van der Waals surface area contributed by atoms with Gasteiger partial charge in [0, 0.05) is 6.08 Å². The molecule has 0 aliphatic heterocycles. The zero-order chi connectivity index (χ0) is 12.0. The van der Waals surface area contributed by atoms with Gasteiger partial charge in [-0.05, 0) is 26.3 Å². The monoisotopic (exact) mass is 212 g/mol. The summed E-state index contributed by atoms with van der Waals surface area (Å²) < 4.78 is 9.04. The van der Waals surface area contributed by atoms with Crippen LogP contribution in [0.4, 0.5) is 0 Å². The minimum Gasteiger partial charge on any atom is -0.466 e. The van der Waals surface area contributed by atoms with Crippen molar-refractivity contribution in [3.63, 3.8) is 0 Å². The Morgan fingerprint density at radius 2 is 1.53 bits per heavy atom. The number of hydrogen-bond acceptors (Lipinski definition) is 4. The molecular formula is C11H16O4. The van der Waals surface area contributed by atoms with Crippen molar-refractivity contribution in [2.24, 2.45) is 0 Å². The smallest absolute Gasteiger partial charge is 0.338 e. The molecule has 0 unspecified atom stereocenters. The number of esters is 2. The molecule has 4 nitrogen and oxygen atoms in total. The van der Waals surface area contributed by atoms with Gasteiger partial charge in [-0.1, -0.05) is 5.57 Å². The van der Waals surface area contributed by atoms with E-state index in [9.17, 15) is 9.59 Å². The van der Waals surface area contributed by atoms with Crippen molar-refractivity contribution in [3.05, 3.63) is 22.8 Å². The molecule has 0 N–H and O–H groups in total. The van der Waals surface area contributed by atoms with Crippen LogP contribution in [0, 0.1) is 0 Å². The minimum atomic E-state index is -0.573. The fourth-order valence-electron chi connectivity index (χ4n) is 0.876. The van der Waals surface area contributed by atoms with Gasteiger partial charge < -0.3 is 9.47 Å². The van der Waals surface area contributed by atoms with E-state index < -0.39 is 11.9 Å². The average Bonchev–Trinajstić information content (AvgIpc) is 2.23. The largest absolute Gasteiger partial charge is 0.466 e. The molecule has 0 saturated heterocycles. The first-order valence-corrected chi connectivity index (χ1v) is 4.46. The molecule has 84 valence electrons. The number of rotatable bonds is 3. The van der Waals surface area contributed by atoms with Gasteiger partial charge in [0.1, 0.15) is 0 Å². The molecule has 15 heavy (non-hydrogen) atoms. The first-order chi connectivity index (χ1) is 6.93. The van der Waals surface area contributed by atoms with Crippen LogP contribution in [0.5, 0.6) is 0 Å². The zero-order valence-electron chi connectivity index (χ0n) is 9.71. The second-order valence-electron chi connectivity index (χ2n) is 3.20. The lowest BCUT2D eigenvalue weighted by Gasteiger charge is -2.07. The van der Waals surface area contributed by atoms with Crippen LogP contribution in [0.15, 0.2) is 22.8 Å². The van der Waals surface area contributed by atoms with Crippen LogP contribution >= 0.6 is 0 Å². The molecule has 0 aromatic heterocycles. The van der Waals surface area contributed by atoms with Gasteiger partial charge in [0.15, 0.2) is 0 Å². The lowest BCUT2D eigenvalue weighted by Crippen LogP contribution is -2.10. The number of hydrogen-bond donors (Lipinski definition) is 0. The highest BCUT2D eigenvalue weighted by atomic mass is 16.5. The van der Waals surface area contributed by atoms with Crippen LogP contribution in [-0.4, -0.2) is 26.2 Å². The van der Waals surface area contributed by atoms with Crippen molar-refractivity contribution in [2.75, 3.05) is 14.2 Å². The van der Waals surface area contributed by atoms with E-state index in [1.165, 1.54) is 14.2 Å². The third-order valence-electron chi connectivity index (χ3n) is 2.02. The van der Waals surface area contributed by atoms with Gasteiger partial charge in [0.25, 0.3) is 0 Å². The summed E-state index contributed by atoms with van der Waals surface area (Å²) in [6.07, 6.45) is 1.13. The third-order valence-corrected chi connectivity index (χ3v) is 2.02. The Bertz CT molecular complexity index is 319. The summed E-state index contributed by atoms with van der Waals surface area (Å²) in [6.45, 7) is 5.45. The molecule has 0 spiro atoms. The first kappa shape index (κ1) is 13.4. The van der Waals surface area contributed by atoms with Crippen LogP contribution in [-0.2, 0) is 19.1 Å². The fraction of sp³-hybridized carbons (Fsp3) is 0.455. The number of carbonyl (C=O) groups excluding carboxylic acids is 2. The van der Waals surface area contributed by atoms with Gasteiger partial charge >= 0.3 is 11.9 Å². The second kappa shape index (κ2) is 6.01. The number of allylic oxidation sites excluding steroid dienone is 1. The summed E-state index contributed by atoms with van der Waals surface area (Å²) in [5.41, 5.74) is 1.88. The minimum absolute atomic E-state index is 0.226. The Morgan fingerprint density at radius 1 is 1.00 bits per heavy atom. The summed E-state index contributed by atoms with van der Waals surface area (Å²) in [7, 11) is 2.53. The van der Waals surface area contributed by atoms with E-state index >= 15 is 0 Å². The van der Waals surface area contributed by atoms with Crippen LogP contribution in [0.3, 0.4) is 0 Å². The molecule has 0 bridgehead atoms. The van der Waals surface area contributed by atoms with E-state index in [0.717, 1.165) is 11.6 Å². The number of ether oxygens (including phenoxy) is 2. The molecule has 0 aromatic carbocycles. The van der Waals surface area contributed by atoms with Crippen LogP contribution in [0.1, 0.15) is 20.8 Å². The van der Waals surface area contributed by atoms with Crippen molar-refractivity contribution >= 4 is 11.9 Å². The van der Waals surface area contributed by atoms with Crippen LogP contribution in [0.2, 0.25) is 0 Å². The van der Waals surface area contributed by atoms with Gasteiger partial charge in [-0.2, -0.15) is 0 Å². The lowest BCUT2D eigenvalue weighted by molar-refractivity contribution is -0.138. The molecule has 0 aliphatic carbocycles. The predicted octanol–water partition coefficient (Wildman–Crippen LogP) is 1.62. The zero-order valence-corrected chi connectivity index (χ0v) is 9.71. The summed E-state index contributed by atoms with van der Waals surface area (Å²) in [4.78, 5) is 22.4. The second-order valence-corrected chi connectivity index (χ2v) is 3.20. The molecule has 0 atom stereocenters. The maximum absolute atomic E-state index is 11.4. The van der Waals surface area contributed by atoms with Crippen molar-refractivity contribution in [1.29, 1.82) is 0 Å². The van der Waals surface area contributed by atoms with Gasteiger partial charge in [-0.3, -0.25) is 0 Å². The summed E-state index contributed by atoms with van der Waals surface area (Å²) in [5, 5.41) is 0. The highest BCUT2D eigenvalue weighted by molar-refractivity contribution is 6.00. The van der Waals surface area contributed by atoms with Crippen molar-refractivity contribution in [3.8, 4) is 0 Å². The predicted molar refractivity (Wildman–Crippen MR) is 56.2 cm³/mol. The van der Waals surface area contributed by atoms with Crippen molar-refractivity contribution in [1.82, 2.24) is 0 Å². The molecule has 4 heteroatoms. The van der Waals surface area contributed by atoms with Gasteiger partial charge in [-0.25, -0.2) is 9.59 Å². The van der Waals surface area contributed by atoms with Gasteiger partial charge in [-0.15, -0.1) is 0 Å². The molecule has 0 saturated carbocycles. The quantitative estimate of drug-likeness (QED) is 0.405. The fourth-order valence-corrected chi connectivity index (χ4v) is 0.876. The lowest BCUT2D eigenvalue weighted by atomic mass is 10.0. The third kappa shape index (κ3) is 3.97. The molecular weight excluding hydrogens is 196 g/mol. The highest BCUT2D eigenvalue weighted by Crippen LogP contribution is 2.15. The molecule has 0 amide bonds. The Morgan fingerprint density at radius 3 is 1.87 bits per heavy atom. The molecule has 0 aromatic rings. The van der Waals surface area contributed by atoms with Gasteiger partial charge in [0.2, 0.25) is 0 Å². The highest BCUT2D eigenvalue weighted by Gasteiger charge is 2.14. The molecule has 0 heterocycles. The Labute approximate surface area is 89.6 Å². The molecule has 0 fully saturated rings. The topological polar surface area (TPSA) is 52.6 Å². The van der Waals surface area contributed by atoms with E-state index in [2.05, 4.69) is 9.47 Å². The molecule has 0 radical (unpaired) electrons. The van der Waals surface area contributed by atoms with E-state index in [0.29, 0.717) is 5.57 Å². The number of methoxy groups -OCH3 is 2. The Hall–Kier alpha value is -1.58. The summed E-state index contributed by atoms with van der Waals surface area (Å²) in [5.74, 6) is -1.12. The van der Waals surface area contributed by atoms with Crippen LogP contribution in [0.25, 0.3) is 0 Å². The SMILES string of the molecule is COC(=O)C=C(C(=O)OC)C(C)=C(C)C. The Balaban J connectivity index is 5.26. The summed E-state index contributed by atoms with van der Waals surface area (Å²) >= 11 is 0. The van der Waals surface area contributed by atoms with E-state index in [1.807, 2.05) is 13.8 Å². The number of carbonyl (C=O) groups is 2.